The Labute approximate surface area is 173 Å². The lowest BCUT2D eigenvalue weighted by Gasteiger charge is -2.23. The quantitative estimate of drug-likeness (QED) is 0.639. The number of sulfonamides is 1. The monoisotopic (exact) mass is 418 g/mol. The molecule has 1 atom stereocenters. The van der Waals surface area contributed by atoms with Crippen LogP contribution in [0.4, 0.5) is 5.69 Å². The van der Waals surface area contributed by atoms with Gasteiger partial charge < -0.3 is 10.1 Å². The SMILES string of the molecule is CCc1ccc([C@@H](C)NC(=O)CCCN(c2cccc(OC)c2)S(C)(=O)=O)cc1. The molecule has 0 aliphatic rings. The molecule has 2 rings (SSSR count). The maximum absolute atomic E-state index is 12.3. The van der Waals surface area contributed by atoms with Crippen LogP contribution < -0.4 is 14.4 Å². The Morgan fingerprint density at radius 3 is 2.45 bits per heavy atom. The molecule has 0 heterocycles. The molecule has 158 valence electrons. The fourth-order valence-corrected chi connectivity index (χ4v) is 4.03. The van der Waals surface area contributed by atoms with Crippen molar-refractivity contribution in [3.63, 3.8) is 0 Å². The highest BCUT2D eigenvalue weighted by Gasteiger charge is 2.18. The fraction of sp³-hybridized carbons (Fsp3) is 0.409. The van der Waals surface area contributed by atoms with Crippen molar-refractivity contribution in [2.75, 3.05) is 24.2 Å². The Balaban J connectivity index is 1.93. The molecular weight excluding hydrogens is 388 g/mol. The van der Waals surface area contributed by atoms with Gasteiger partial charge in [-0.05, 0) is 43.0 Å². The Bertz CT molecular complexity index is 911. The normalized spacial score (nSPS) is 12.3. The minimum Gasteiger partial charge on any atom is -0.497 e. The number of nitrogens with zero attached hydrogens (tertiary/aromatic N) is 1. The third-order valence-electron chi connectivity index (χ3n) is 4.77. The molecule has 1 amide bonds. The number of ether oxygens (including phenoxy) is 1. The van der Waals surface area contributed by atoms with Crippen LogP contribution >= 0.6 is 0 Å². The maximum atomic E-state index is 12.3. The second kappa shape index (κ2) is 10.3. The summed E-state index contributed by atoms with van der Waals surface area (Å²) in [6.45, 7) is 4.27. The average Bonchev–Trinajstić information content (AvgIpc) is 2.70. The summed E-state index contributed by atoms with van der Waals surface area (Å²) in [5, 5.41) is 2.98. The van der Waals surface area contributed by atoms with E-state index in [4.69, 9.17) is 4.74 Å². The van der Waals surface area contributed by atoms with Gasteiger partial charge in [0.2, 0.25) is 15.9 Å². The number of carbonyl (C=O) groups excluding carboxylic acids is 1. The molecule has 7 heteroatoms. The van der Waals surface area contributed by atoms with Crippen molar-refractivity contribution in [2.45, 2.75) is 39.2 Å². The van der Waals surface area contributed by atoms with Gasteiger partial charge in [0.25, 0.3) is 0 Å². The highest BCUT2D eigenvalue weighted by molar-refractivity contribution is 7.92. The lowest BCUT2D eigenvalue weighted by molar-refractivity contribution is -0.121. The molecular formula is C22H30N2O4S. The highest BCUT2D eigenvalue weighted by atomic mass is 32.2. The molecule has 2 aromatic carbocycles. The number of nitrogens with one attached hydrogen (secondary N) is 1. The van der Waals surface area contributed by atoms with Gasteiger partial charge in [-0.25, -0.2) is 8.42 Å². The number of amides is 1. The first-order valence-electron chi connectivity index (χ1n) is 9.74. The van der Waals surface area contributed by atoms with Crippen LogP contribution in [0.3, 0.4) is 0 Å². The molecule has 0 fully saturated rings. The molecule has 29 heavy (non-hydrogen) atoms. The van der Waals surface area contributed by atoms with Crippen LogP contribution in [0, 0.1) is 0 Å². The summed E-state index contributed by atoms with van der Waals surface area (Å²) in [5.74, 6) is 0.480. The third kappa shape index (κ3) is 6.78. The topological polar surface area (TPSA) is 75.7 Å². The molecule has 2 aromatic rings. The lowest BCUT2D eigenvalue weighted by atomic mass is 10.0. The summed E-state index contributed by atoms with van der Waals surface area (Å²) in [4.78, 5) is 12.3. The molecule has 6 nitrogen and oxygen atoms in total. The summed E-state index contributed by atoms with van der Waals surface area (Å²) in [7, 11) is -1.93. The van der Waals surface area contributed by atoms with E-state index in [2.05, 4.69) is 24.4 Å². The van der Waals surface area contributed by atoms with Gasteiger partial charge in [-0.1, -0.05) is 37.3 Å². The van der Waals surface area contributed by atoms with Gasteiger partial charge in [0.15, 0.2) is 0 Å². The molecule has 0 aliphatic heterocycles. The van der Waals surface area contributed by atoms with E-state index in [1.54, 1.807) is 24.3 Å². The Hall–Kier alpha value is -2.54. The molecule has 0 unspecified atom stereocenters. The van der Waals surface area contributed by atoms with Gasteiger partial charge in [-0.15, -0.1) is 0 Å². The summed E-state index contributed by atoms with van der Waals surface area (Å²) >= 11 is 0. The van der Waals surface area contributed by atoms with E-state index >= 15 is 0 Å². The molecule has 1 N–H and O–H groups in total. The average molecular weight is 419 g/mol. The first-order valence-corrected chi connectivity index (χ1v) is 11.6. The van der Waals surface area contributed by atoms with Crippen molar-refractivity contribution < 1.29 is 17.9 Å². The van der Waals surface area contributed by atoms with Gasteiger partial charge >= 0.3 is 0 Å². The summed E-state index contributed by atoms with van der Waals surface area (Å²) in [6.07, 6.45) is 2.80. The van der Waals surface area contributed by atoms with Crippen molar-refractivity contribution >= 4 is 21.6 Å². The van der Waals surface area contributed by atoms with Crippen molar-refractivity contribution in [2.24, 2.45) is 0 Å². The molecule has 0 saturated carbocycles. The zero-order chi connectivity index (χ0) is 21.4. The van der Waals surface area contributed by atoms with Crippen molar-refractivity contribution in [1.82, 2.24) is 5.32 Å². The van der Waals surface area contributed by atoms with Crippen molar-refractivity contribution in [3.8, 4) is 5.75 Å². The van der Waals surface area contributed by atoms with E-state index in [1.807, 2.05) is 19.1 Å². The molecule has 0 aliphatic carbocycles. The van der Waals surface area contributed by atoms with Gasteiger partial charge in [0.1, 0.15) is 5.75 Å². The second-order valence-electron chi connectivity index (χ2n) is 7.02. The van der Waals surface area contributed by atoms with Crippen LogP contribution in [-0.4, -0.2) is 34.2 Å². The number of rotatable bonds is 10. The van der Waals surface area contributed by atoms with Crippen LogP contribution in [0.2, 0.25) is 0 Å². The number of hydrogen-bond donors (Lipinski definition) is 1. The van der Waals surface area contributed by atoms with Crippen LogP contribution in [-0.2, 0) is 21.2 Å². The molecule has 0 saturated heterocycles. The number of anilines is 1. The fourth-order valence-electron chi connectivity index (χ4n) is 3.07. The molecule has 0 radical (unpaired) electrons. The van der Waals surface area contributed by atoms with Crippen LogP contribution in [0.15, 0.2) is 48.5 Å². The van der Waals surface area contributed by atoms with Crippen LogP contribution in [0.5, 0.6) is 5.75 Å². The van der Waals surface area contributed by atoms with E-state index in [9.17, 15) is 13.2 Å². The van der Waals surface area contributed by atoms with E-state index in [-0.39, 0.29) is 24.9 Å². The van der Waals surface area contributed by atoms with Crippen molar-refractivity contribution in [1.29, 1.82) is 0 Å². The Morgan fingerprint density at radius 2 is 1.86 bits per heavy atom. The number of carbonyl (C=O) groups is 1. The maximum Gasteiger partial charge on any atom is 0.232 e. The molecule has 0 spiro atoms. The predicted molar refractivity (Wildman–Crippen MR) is 117 cm³/mol. The van der Waals surface area contributed by atoms with E-state index in [0.717, 1.165) is 18.2 Å². The van der Waals surface area contributed by atoms with E-state index in [1.165, 1.54) is 17.0 Å². The minimum atomic E-state index is -3.47. The first-order chi connectivity index (χ1) is 13.7. The van der Waals surface area contributed by atoms with Crippen LogP contribution in [0.1, 0.15) is 43.9 Å². The number of aryl methyl sites for hydroxylation is 1. The zero-order valence-electron chi connectivity index (χ0n) is 17.5. The largest absolute Gasteiger partial charge is 0.497 e. The summed E-state index contributed by atoms with van der Waals surface area (Å²) in [5.41, 5.74) is 2.83. The molecule has 0 bridgehead atoms. The van der Waals surface area contributed by atoms with Gasteiger partial charge in [-0.3, -0.25) is 9.10 Å². The predicted octanol–water partition coefficient (Wildman–Crippen LogP) is 3.68. The molecule has 0 aromatic heterocycles. The minimum absolute atomic E-state index is 0.0993. The van der Waals surface area contributed by atoms with Crippen LogP contribution in [0.25, 0.3) is 0 Å². The number of hydrogen-bond acceptors (Lipinski definition) is 4. The third-order valence-corrected chi connectivity index (χ3v) is 5.97. The Morgan fingerprint density at radius 1 is 1.17 bits per heavy atom. The standard InChI is InChI=1S/C22H30N2O4S/c1-5-18-11-13-19(14-12-18)17(2)23-22(25)10-7-15-24(29(4,26)27)20-8-6-9-21(16-20)28-3/h6,8-9,11-14,16-17H,5,7,10,15H2,1-4H3,(H,23,25)/t17-/m1/s1. The second-order valence-corrected chi connectivity index (χ2v) is 8.93. The lowest BCUT2D eigenvalue weighted by Crippen LogP contribution is -2.32. The first kappa shape index (κ1) is 22.7. The van der Waals surface area contributed by atoms with E-state index < -0.39 is 10.0 Å². The van der Waals surface area contributed by atoms with Gasteiger partial charge in [0, 0.05) is 19.0 Å². The van der Waals surface area contributed by atoms with Gasteiger partial charge in [-0.2, -0.15) is 0 Å². The van der Waals surface area contributed by atoms with Crippen molar-refractivity contribution in [3.05, 3.63) is 59.7 Å². The summed E-state index contributed by atoms with van der Waals surface area (Å²) in [6, 6.07) is 15.0. The summed E-state index contributed by atoms with van der Waals surface area (Å²) < 4.78 is 30.9. The Kier molecular flexibility index (Phi) is 8.08. The number of benzene rings is 2. The number of methoxy groups -OCH3 is 1. The van der Waals surface area contributed by atoms with Gasteiger partial charge in [0.05, 0.1) is 25.1 Å². The highest BCUT2D eigenvalue weighted by Crippen LogP contribution is 2.23. The van der Waals surface area contributed by atoms with E-state index in [0.29, 0.717) is 17.9 Å². The smallest absolute Gasteiger partial charge is 0.232 e. The zero-order valence-corrected chi connectivity index (χ0v) is 18.3.